The second-order valence-corrected chi connectivity index (χ2v) is 12.2. The second kappa shape index (κ2) is 12.6. The fourth-order valence-corrected chi connectivity index (χ4v) is 5.95. The predicted octanol–water partition coefficient (Wildman–Crippen LogP) is 7.71. The molecule has 3 aromatic carbocycles. The fraction of sp³-hybridized carbons (Fsp3) is 0.412. The van der Waals surface area contributed by atoms with Crippen LogP contribution in [0.25, 0.3) is 0 Å². The average molecular weight is 591 g/mol. The molecule has 1 aliphatic carbocycles. The number of ether oxygens (including phenoxy) is 2. The Kier molecular flexibility index (Phi) is 8.92. The summed E-state index contributed by atoms with van der Waals surface area (Å²) in [6.07, 6.45) is 6.75. The van der Waals surface area contributed by atoms with Crippen molar-refractivity contribution < 1.29 is 33.7 Å². The molecule has 1 heterocycles. The van der Waals surface area contributed by atoms with Gasteiger partial charge in [-0.3, -0.25) is 4.79 Å². The Labute approximate surface area is 251 Å². The van der Waals surface area contributed by atoms with E-state index in [1.165, 1.54) is 30.7 Å². The number of carbonyl (C=O) groups excluding carboxylic acids is 1. The summed E-state index contributed by atoms with van der Waals surface area (Å²) in [5, 5.41) is 23.8. The Morgan fingerprint density at radius 3 is 1.93 bits per heavy atom. The van der Waals surface area contributed by atoms with Crippen LogP contribution in [0.3, 0.4) is 0 Å². The van der Waals surface area contributed by atoms with Crippen LogP contribution >= 0.6 is 0 Å². The van der Waals surface area contributed by atoms with E-state index in [2.05, 4.69) is 5.32 Å². The van der Waals surface area contributed by atoms with Gasteiger partial charge in [0.15, 0.2) is 0 Å². The minimum absolute atomic E-state index is 0.282. The van der Waals surface area contributed by atoms with E-state index in [-0.39, 0.29) is 11.8 Å². The quantitative estimate of drug-likeness (QED) is 0.248. The molecule has 2 amide bonds. The smallest absolute Gasteiger partial charge is 0.321 e. The van der Waals surface area contributed by atoms with Crippen LogP contribution < -0.4 is 14.8 Å². The summed E-state index contributed by atoms with van der Waals surface area (Å²) in [7, 11) is 0. The van der Waals surface area contributed by atoms with Crippen LogP contribution in [0, 0.1) is 11.7 Å². The first-order chi connectivity index (χ1) is 20.5. The first-order valence-corrected chi connectivity index (χ1v) is 14.9. The van der Waals surface area contributed by atoms with E-state index in [1.54, 1.807) is 61.2 Å². The molecule has 0 atom stereocenters. The maximum absolute atomic E-state index is 13.4. The van der Waals surface area contributed by atoms with Gasteiger partial charge in [0.25, 0.3) is 0 Å². The van der Waals surface area contributed by atoms with E-state index < -0.39 is 17.0 Å². The van der Waals surface area contributed by atoms with Crippen molar-refractivity contribution in [2.75, 3.05) is 18.4 Å². The molecule has 1 aliphatic heterocycles. The highest BCUT2D eigenvalue weighted by Gasteiger charge is 2.40. The number of carbonyl (C=O) groups is 2. The van der Waals surface area contributed by atoms with E-state index in [0.717, 1.165) is 25.7 Å². The molecule has 3 aromatic rings. The molecule has 0 unspecified atom stereocenters. The Morgan fingerprint density at radius 1 is 0.860 bits per heavy atom. The van der Waals surface area contributed by atoms with Crippen molar-refractivity contribution in [3.8, 4) is 23.0 Å². The zero-order valence-corrected chi connectivity index (χ0v) is 24.6. The number of anilines is 1. The third-order valence-electron chi connectivity index (χ3n) is 8.81. The summed E-state index contributed by atoms with van der Waals surface area (Å²) in [4.78, 5) is 26.6. The Balaban J connectivity index is 1.32. The minimum Gasteiger partial charge on any atom is -0.481 e. The lowest BCUT2D eigenvalue weighted by Gasteiger charge is -2.44. The molecule has 9 heteroatoms. The van der Waals surface area contributed by atoms with Gasteiger partial charge in [0.1, 0.15) is 28.8 Å². The molecule has 228 valence electrons. The van der Waals surface area contributed by atoms with Gasteiger partial charge in [-0.05, 0) is 87.4 Å². The maximum atomic E-state index is 13.4. The van der Waals surface area contributed by atoms with Crippen molar-refractivity contribution in [2.24, 2.45) is 5.92 Å². The van der Waals surface area contributed by atoms with E-state index in [1.807, 2.05) is 0 Å². The van der Waals surface area contributed by atoms with Gasteiger partial charge in [0, 0.05) is 37.0 Å². The maximum Gasteiger partial charge on any atom is 0.321 e. The number of aliphatic carboxylic acids is 1. The number of nitrogens with zero attached hydrogens (tertiary/aromatic N) is 1. The van der Waals surface area contributed by atoms with Crippen molar-refractivity contribution in [1.82, 2.24) is 4.90 Å². The summed E-state index contributed by atoms with van der Waals surface area (Å²) >= 11 is 0. The van der Waals surface area contributed by atoms with Crippen molar-refractivity contribution in [2.45, 2.75) is 69.8 Å². The molecule has 2 aliphatic rings. The number of nitrogens with one attached hydrogen (secondary N) is 1. The molecule has 5 rings (SSSR count). The van der Waals surface area contributed by atoms with Gasteiger partial charge in [-0.2, -0.15) is 0 Å². The predicted molar refractivity (Wildman–Crippen MR) is 161 cm³/mol. The number of hydrogen-bond donors (Lipinski definition) is 3. The number of hydrogen-bond acceptors (Lipinski definition) is 5. The molecular formula is C34H39FN2O6. The van der Waals surface area contributed by atoms with Gasteiger partial charge < -0.3 is 29.9 Å². The van der Waals surface area contributed by atoms with Gasteiger partial charge in [-0.15, -0.1) is 0 Å². The first kappa shape index (κ1) is 30.4. The Hall–Kier alpha value is -4.11. The second-order valence-electron chi connectivity index (χ2n) is 12.2. The number of piperidine rings is 1. The number of likely N-dealkylation sites (tertiary alicyclic amines) is 1. The lowest BCUT2D eigenvalue weighted by molar-refractivity contribution is -0.142. The van der Waals surface area contributed by atoms with Crippen LogP contribution in [0.1, 0.15) is 64.4 Å². The van der Waals surface area contributed by atoms with E-state index in [9.17, 15) is 24.2 Å². The molecule has 3 N–H and O–H groups in total. The molecular weight excluding hydrogens is 551 g/mol. The molecule has 0 spiro atoms. The largest absolute Gasteiger partial charge is 0.481 e. The van der Waals surface area contributed by atoms with Crippen LogP contribution in [0.15, 0.2) is 66.7 Å². The third-order valence-corrected chi connectivity index (χ3v) is 8.81. The summed E-state index contributed by atoms with van der Waals surface area (Å²) in [6, 6.07) is 17.1. The van der Waals surface area contributed by atoms with E-state index in [0.29, 0.717) is 66.1 Å². The average Bonchev–Trinajstić information content (AvgIpc) is 2.99. The number of aliphatic hydroxyl groups is 1. The highest BCUT2D eigenvalue weighted by molar-refractivity contribution is 5.90. The summed E-state index contributed by atoms with van der Waals surface area (Å²) < 4.78 is 25.5. The van der Waals surface area contributed by atoms with E-state index in [4.69, 9.17) is 9.47 Å². The van der Waals surface area contributed by atoms with Gasteiger partial charge in [-0.1, -0.05) is 31.4 Å². The number of rotatable bonds is 8. The van der Waals surface area contributed by atoms with Crippen molar-refractivity contribution in [3.05, 3.63) is 78.1 Å². The lowest BCUT2D eigenvalue weighted by Crippen LogP contribution is -2.51. The first-order valence-electron chi connectivity index (χ1n) is 14.9. The minimum atomic E-state index is -1.06. The number of urea groups is 1. The van der Waals surface area contributed by atoms with Gasteiger partial charge >= 0.3 is 12.0 Å². The molecule has 8 nitrogen and oxygen atoms in total. The molecule has 0 aromatic heterocycles. The molecule has 1 saturated carbocycles. The number of amides is 2. The molecule has 0 radical (unpaired) electrons. The molecule has 1 saturated heterocycles. The van der Waals surface area contributed by atoms with Crippen molar-refractivity contribution in [3.63, 3.8) is 0 Å². The van der Waals surface area contributed by atoms with Crippen LogP contribution in [0.5, 0.6) is 23.0 Å². The molecule has 2 fully saturated rings. The number of halogens is 1. The Bertz CT molecular complexity index is 1430. The number of carboxylic acids is 1. The van der Waals surface area contributed by atoms with Crippen LogP contribution in [-0.4, -0.2) is 45.8 Å². The molecule has 0 bridgehead atoms. The van der Waals surface area contributed by atoms with Crippen molar-refractivity contribution >= 4 is 17.7 Å². The third kappa shape index (κ3) is 7.28. The monoisotopic (exact) mass is 590 g/mol. The topological polar surface area (TPSA) is 108 Å². The van der Waals surface area contributed by atoms with Crippen molar-refractivity contribution in [1.29, 1.82) is 0 Å². The highest BCUT2D eigenvalue weighted by atomic mass is 19.1. The SMILES string of the molecule is CC(C)(C(=O)O)c1ccc(Oc2cc(NC(=O)N3CCC(O)(C4CCCCC4)CC3)cc(Oc3ccc(F)cc3)c2)cc1. The molecule has 43 heavy (non-hydrogen) atoms. The van der Waals surface area contributed by atoms with Crippen LogP contribution in [0.4, 0.5) is 14.9 Å². The number of carboxylic acid groups (broad SMARTS) is 1. The summed E-state index contributed by atoms with van der Waals surface area (Å²) in [5.74, 6) is 0.617. The van der Waals surface area contributed by atoms with Crippen LogP contribution in [-0.2, 0) is 10.2 Å². The zero-order valence-electron chi connectivity index (χ0n) is 24.6. The number of benzene rings is 3. The normalized spacial score (nSPS) is 17.3. The van der Waals surface area contributed by atoms with Gasteiger partial charge in [-0.25, -0.2) is 9.18 Å². The summed E-state index contributed by atoms with van der Waals surface area (Å²) in [6.45, 7) is 4.20. The van der Waals surface area contributed by atoms with Gasteiger partial charge in [0.2, 0.25) is 0 Å². The summed E-state index contributed by atoms with van der Waals surface area (Å²) in [5.41, 5.74) is -0.697. The Morgan fingerprint density at radius 2 is 1.40 bits per heavy atom. The fourth-order valence-electron chi connectivity index (χ4n) is 5.95. The van der Waals surface area contributed by atoms with E-state index >= 15 is 0 Å². The standard InChI is InChI=1S/C34H39FN2O6/c1-33(2,31(38)39)23-8-12-27(13-9-23)42-29-20-26(21-30(22-29)43-28-14-10-25(35)11-15-28)36-32(40)37-18-16-34(41,17-19-37)24-6-4-3-5-7-24/h8-15,20-22,24,41H,3-7,16-19H2,1-2H3,(H,36,40)(H,38,39). The van der Waals surface area contributed by atoms with Gasteiger partial charge in [0.05, 0.1) is 11.0 Å². The van der Waals surface area contributed by atoms with Crippen LogP contribution in [0.2, 0.25) is 0 Å². The highest BCUT2D eigenvalue weighted by Crippen LogP contribution is 2.39. The zero-order chi connectivity index (χ0) is 30.6. The lowest BCUT2D eigenvalue weighted by atomic mass is 9.72.